The average molecular weight is 361 g/mol. The first-order valence-electron chi connectivity index (χ1n) is 8.77. The van der Waals surface area contributed by atoms with Gasteiger partial charge in [-0.15, -0.1) is 11.3 Å². The van der Waals surface area contributed by atoms with E-state index >= 15 is 0 Å². The van der Waals surface area contributed by atoms with E-state index in [-0.39, 0.29) is 11.9 Å². The highest BCUT2D eigenvalue weighted by molar-refractivity contribution is 7.17. The van der Waals surface area contributed by atoms with Crippen molar-refractivity contribution >= 4 is 17.2 Å². The number of hydrogen-bond acceptors (Lipinski definition) is 6. The number of aliphatic hydroxyl groups excluding tert-OH is 1. The highest BCUT2D eigenvalue weighted by Crippen LogP contribution is 2.49. The smallest absolute Gasteiger partial charge is 0.266 e. The van der Waals surface area contributed by atoms with Crippen LogP contribution in [-0.2, 0) is 0 Å². The molecule has 4 rings (SSSR count). The number of rotatable bonds is 3. The highest BCUT2D eigenvalue weighted by Gasteiger charge is 2.56. The monoisotopic (exact) mass is 361 g/mol. The maximum Gasteiger partial charge on any atom is 0.266 e. The molecule has 6 nitrogen and oxygen atoms in total. The standard InChI is InChI=1S/C18H23N3O3S/c1-9-14(11(3)24-20-9)16-19-10(2)15(25-16)17(23)21-13-5-7-18(21,8-6-13)12(4)22/h12-13,22H,5-8H2,1-4H3. The Morgan fingerprint density at radius 2 is 2.00 bits per heavy atom. The minimum Gasteiger partial charge on any atom is -0.391 e. The minimum absolute atomic E-state index is 0.00825. The zero-order valence-electron chi connectivity index (χ0n) is 15.0. The number of thiazole rings is 1. The zero-order chi connectivity index (χ0) is 17.9. The molecule has 0 spiro atoms. The van der Waals surface area contributed by atoms with Crippen LogP contribution in [0.4, 0.5) is 0 Å². The molecule has 2 aliphatic rings. The predicted octanol–water partition coefficient (Wildman–Crippen LogP) is 3.24. The van der Waals surface area contributed by atoms with Crippen molar-refractivity contribution in [1.29, 1.82) is 0 Å². The second-order valence-corrected chi connectivity index (χ2v) is 8.32. The molecule has 2 bridgehead atoms. The lowest BCUT2D eigenvalue weighted by Gasteiger charge is -2.37. The number of aliphatic hydroxyl groups is 1. The van der Waals surface area contributed by atoms with E-state index in [1.807, 2.05) is 32.6 Å². The molecule has 0 radical (unpaired) electrons. The summed E-state index contributed by atoms with van der Waals surface area (Å²) in [4.78, 5) is 20.6. The number of aryl methyl sites for hydroxylation is 3. The van der Waals surface area contributed by atoms with E-state index in [2.05, 4.69) is 10.1 Å². The van der Waals surface area contributed by atoms with Gasteiger partial charge in [0, 0.05) is 6.04 Å². The lowest BCUT2D eigenvalue weighted by Crippen LogP contribution is -2.51. The molecule has 2 aliphatic heterocycles. The molecule has 25 heavy (non-hydrogen) atoms. The summed E-state index contributed by atoms with van der Waals surface area (Å²) in [6, 6.07) is 0.242. The van der Waals surface area contributed by atoms with E-state index in [0.29, 0.717) is 10.6 Å². The topological polar surface area (TPSA) is 79.5 Å². The molecule has 7 heteroatoms. The third kappa shape index (κ3) is 2.29. The highest BCUT2D eigenvalue weighted by atomic mass is 32.1. The van der Waals surface area contributed by atoms with Crippen LogP contribution in [0.2, 0.25) is 0 Å². The Labute approximate surface area is 150 Å². The molecular formula is C18H23N3O3S. The molecule has 4 heterocycles. The van der Waals surface area contributed by atoms with Gasteiger partial charge in [-0.1, -0.05) is 5.16 Å². The summed E-state index contributed by atoms with van der Waals surface area (Å²) in [6.07, 6.45) is 3.21. The van der Waals surface area contributed by atoms with Crippen molar-refractivity contribution < 1.29 is 14.4 Å². The number of aromatic nitrogens is 2. The summed E-state index contributed by atoms with van der Waals surface area (Å²) in [5.74, 6) is 0.723. The Morgan fingerprint density at radius 1 is 1.32 bits per heavy atom. The average Bonchev–Trinajstić information content (AvgIpc) is 3.30. The number of fused-ring (bicyclic) bond motifs is 2. The van der Waals surface area contributed by atoms with E-state index in [4.69, 9.17) is 4.52 Å². The van der Waals surface area contributed by atoms with E-state index in [1.54, 1.807) is 0 Å². The van der Waals surface area contributed by atoms with Gasteiger partial charge in [0.1, 0.15) is 15.6 Å². The normalized spacial score (nSPS) is 26.4. The first-order valence-corrected chi connectivity index (χ1v) is 9.59. The number of amides is 1. The molecule has 1 unspecified atom stereocenters. The van der Waals surface area contributed by atoms with Crippen LogP contribution in [0.5, 0.6) is 0 Å². The SMILES string of the molecule is Cc1nc(-c2c(C)noc2C)sc1C(=O)N1C2CCC1(C(C)O)CC2. The van der Waals surface area contributed by atoms with Crippen LogP contribution in [0.15, 0.2) is 4.52 Å². The molecule has 0 aliphatic carbocycles. The van der Waals surface area contributed by atoms with Crippen molar-refractivity contribution in [1.82, 2.24) is 15.0 Å². The van der Waals surface area contributed by atoms with E-state index in [9.17, 15) is 9.90 Å². The van der Waals surface area contributed by atoms with Crippen molar-refractivity contribution in [3.63, 3.8) is 0 Å². The first kappa shape index (κ1) is 16.7. The molecule has 1 N–H and O–H groups in total. The van der Waals surface area contributed by atoms with Gasteiger partial charge < -0.3 is 14.5 Å². The Bertz CT molecular complexity index is 811. The van der Waals surface area contributed by atoms with Gasteiger partial charge in [-0.05, 0) is 53.4 Å². The largest absolute Gasteiger partial charge is 0.391 e. The second kappa shape index (κ2) is 5.64. The van der Waals surface area contributed by atoms with Crippen LogP contribution in [-0.4, -0.2) is 43.7 Å². The lowest BCUT2D eigenvalue weighted by atomic mass is 9.83. The fourth-order valence-electron chi connectivity index (χ4n) is 4.55. The molecule has 2 saturated heterocycles. The quantitative estimate of drug-likeness (QED) is 0.908. The van der Waals surface area contributed by atoms with E-state index in [1.165, 1.54) is 11.3 Å². The van der Waals surface area contributed by atoms with Crippen LogP contribution >= 0.6 is 11.3 Å². The Hall–Kier alpha value is -1.73. The Kier molecular flexibility index (Phi) is 3.77. The van der Waals surface area contributed by atoms with E-state index < -0.39 is 11.6 Å². The summed E-state index contributed by atoms with van der Waals surface area (Å²) in [7, 11) is 0. The molecule has 2 fully saturated rings. The van der Waals surface area contributed by atoms with Gasteiger partial charge in [0.2, 0.25) is 0 Å². The van der Waals surface area contributed by atoms with Crippen LogP contribution in [0.25, 0.3) is 10.6 Å². The van der Waals surface area contributed by atoms with Crippen LogP contribution in [0.1, 0.15) is 59.4 Å². The molecule has 0 aromatic carbocycles. The van der Waals surface area contributed by atoms with Crippen LogP contribution in [0.3, 0.4) is 0 Å². The summed E-state index contributed by atoms with van der Waals surface area (Å²) in [6.45, 7) is 7.42. The number of nitrogens with zero attached hydrogens (tertiary/aromatic N) is 3. The lowest BCUT2D eigenvalue weighted by molar-refractivity contribution is 0.0148. The van der Waals surface area contributed by atoms with Gasteiger partial charge in [-0.2, -0.15) is 0 Å². The Balaban J connectivity index is 1.73. The summed E-state index contributed by atoms with van der Waals surface area (Å²) in [5.41, 5.74) is 1.99. The number of carbonyl (C=O) groups is 1. The van der Waals surface area contributed by atoms with Gasteiger partial charge >= 0.3 is 0 Å². The summed E-state index contributed by atoms with van der Waals surface area (Å²) in [5, 5.41) is 15.1. The van der Waals surface area contributed by atoms with Crippen molar-refractivity contribution in [2.24, 2.45) is 0 Å². The molecular weight excluding hydrogens is 338 g/mol. The molecule has 134 valence electrons. The van der Waals surface area contributed by atoms with Crippen molar-refractivity contribution in [3.8, 4) is 10.6 Å². The zero-order valence-corrected chi connectivity index (χ0v) is 15.8. The Morgan fingerprint density at radius 3 is 2.56 bits per heavy atom. The van der Waals surface area contributed by atoms with Crippen LogP contribution in [0, 0.1) is 20.8 Å². The maximum atomic E-state index is 13.3. The predicted molar refractivity (Wildman–Crippen MR) is 94.7 cm³/mol. The van der Waals surface area contributed by atoms with Gasteiger partial charge in [-0.25, -0.2) is 4.98 Å². The molecule has 0 saturated carbocycles. The van der Waals surface area contributed by atoms with Crippen molar-refractivity contribution in [3.05, 3.63) is 22.0 Å². The van der Waals surface area contributed by atoms with Gasteiger partial charge in [-0.3, -0.25) is 4.79 Å². The molecule has 2 aromatic rings. The van der Waals surface area contributed by atoms with Crippen molar-refractivity contribution in [2.45, 2.75) is 71.1 Å². The molecule has 2 aromatic heterocycles. The minimum atomic E-state index is -0.515. The summed E-state index contributed by atoms with van der Waals surface area (Å²) >= 11 is 1.40. The maximum absolute atomic E-state index is 13.3. The fraction of sp³-hybridized carbons (Fsp3) is 0.611. The molecule has 1 amide bonds. The van der Waals surface area contributed by atoms with Crippen molar-refractivity contribution in [2.75, 3.05) is 0 Å². The second-order valence-electron chi connectivity index (χ2n) is 7.32. The number of hydrogen-bond donors (Lipinski definition) is 1. The molecule has 1 atom stereocenters. The third-order valence-corrected chi connectivity index (χ3v) is 7.06. The van der Waals surface area contributed by atoms with Gasteiger partial charge in [0.15, 0.2) is 0 Å². The first-order chi connectivity index (χ1) is 11.8. The van der Waals surface area contributed by atoms with Crippen LogP contribution < -0.4 is 0 Å². The van der Waals surface area contributed by atoms with Gasteiger partial charge in [0.05, 0.1) is 28.6 Å². The van der Waals surface area contributed by atoms with E-state index in [0.717, 1.165) is 47.6 Å². The summed E-state index contributed by atoms with van der Waals surface area (Å²) < 4.78 is 5.24. The fourth-order valence-corrected chi connectivity index (χ4v) is 5.70. The van der Waals surface area contributed by atoms with Gasteiger partial charge in [0.25, 0.3) is 5.91 Å². The third-order valence-electron chi connectivity index (χ3n) is 5.90. The number of carbonyl (C=O) groups excluding carboxylic acids is 1.